The van der Waals surface area contributed by atoms with Gasteiger partial charge in [0.25, 0.3) is 0 Å². The second kappa shape index (κ2) is 6.85. The fourth-order valence-electron chi connectivity index (χ4n) is 1.25. The first-order chi connectivity index (χ1) is 7.22. The first kappa shape index (κ1) is 12.5. The van der Waals surface area contributed by atoms with E-state index in [9.17, 15) is 4.39 Å². The van der Waals surface area contributed by atoms with Gasteiger partial charge in [-0.1, -0.05) is 0 Å². The fourth-order valence-corrected chi connectivity index (χ4v) is 2.13. The molecular weight excluding hydrogens is 209 g/mol. The molecule has 0 radical (unpaired) electrons. The van der Waals surface area contributed by atoms with Crippen LogP contribution in [0.2, 0.25) is 0 Å². The first-order valence-corrected chi connectivity index (χ1v) is 6.26. The molecule has 1 rings (SSSR count). The van der Waals surface area contributed by atoms with E-state index < -0.39 is 0 Å². The van der Waals surface area contributed by atoms with Gasteiger partial charge in [0.1, 0.15) is 5.82 Å². The van der Waals surface area contributed by atoms with Crippen LogP contribution in [0, 0.1) is 5.82 Å². The van der Waals surface area contributed by atoms with E-state index >= 15 is 0 Å². The van der Waals surface area contributed by atoms with Crippen LogP contribution in [-0.2, 0) is 0 Å². The van der Waals surface area contributed by atoms with Crippen molar-refractivity contribution in [2.24, 2.45) is 0 Å². The van der Waals surface area contributed by atoms with Crippen molar-refractivity contribution in [1.29, 1.82) is 0 Å². The van der Waals surface area contributed by atoms with Crippen LogP contribution >= 0.6 is 11.8 Å². The summed E-state index contributed by atoms with van der Waals surface area (Å²) in [5.41, 5.74) is 0. The first-order valence-electron chi connectivity index (χ1n) is 5.28. The van der Waals surface area contributed by atoms with Crippen LogP contribution in [0.25, 0.3) is 0 Å². The van der Waals surface area contributed by atoms with Gasteiger partial charge in [-0.2, -0.15) is 0 Å². The number of nitrogens with one attached hydrogen (secondary N) is 1. The molecule has 0 amide bonds. The zero-order valence-corrected chi connectivity index (χ0v) is 10.1. The lowest BCUT2D eigenvalue weighted by atomic mass is 10.2. The molecule has 3 heteroatoms. The number of thioether (sulfide) groups is 1. The highest BCUT2D eigenvalue weighted by molar-refractivity contribution is 7.99. The molecule has 1 N–H and O–H groups in total. The van der Waals surface area contributed by atoms with Gasteiger partial charge in [0.2, 0.25) is 0 Å². The Morgan fingerprint density at radius 3 is 2.60 bits per heavy atom. The topological polar surface area (TPSA) is 12.0 Å². The van der Waals surface area contributed by atoms with Gasteiger partial charge in [-0.05, 0) is 56.8 Å². The average molecular weight is 227 g/mol. The Labute approximate surface area is 95.5 Å². The number of rotatable bonds is 6. The summed E-state index contributed by atoms with van der Waals surface area (Å²) in [5.74, 6) is 0.931. The smallest absolute Gasteiger partial charge is 0.123 e. The fraction of sp³-hybridized carbons (Fsp3) is 0.500. The SMILES string of the molecule is CNC(C)CCCSc1ccc(F)cc1. The second-order valence-electron chi connectivity index (χ2n) is 3.63. The van der Waals surface area contributed by atoms with Crippen LogP contribution in [0.1, 0.15) is 19.8 Å². The molecule has 1 nitrogen and oxygen atoms in total. The molecule has 0 aliphatic carbocycles. The van der Waals surface area contributed by atoms with Crippen LogP contribution in [0.3, 0.4) is 0 Å². The zero-order chi connectivity index (χ0) is 11.1. The van der Waals surface area contributed by atoms with E-state index in [1.165, 1.54) is 25.0 Å². The van der Waals surface area contributed by atoms with Gasteiger partial charge in [0.05, 0.1) is 0 Å². The van der Waals surface area contributed by atoms with Gasteiger partial charge < -0.3 is 5.32 Å². The molecular formula is C12H18FNS. The Morgan fingerprint density at radius 1 is 1.33 bits per heavy atom. The molecule has 1 atom stereocenters. The third-order valence-electron chi connectivity index (χ3n) is 2.36. The highest BCUT2D eigenvalue weighted by Crippen LogP contribution is 2.19. The predicted molar refractivity (Wildman–Crippen MR) is 64.9 cm³/mol. The Hall–Kier alpha value is -0.540. The molecule has 0 bridgehead atoms. The van der Waals surface area contributed by atoms with Crippen molar-refractivity contribution >= 4 is 11.8 Å². The quantitative estimate of drug-likeness (QED) is 0.591. The minimum Gasteiger partial charge on any atom is -0.317 e. The van der Waals surface area contributed by atoms with Gasteiger partial charge in [-0.3, -0.25) is 0 Å². The van der Waals surface area contributed by atoms with Crippen LogP contribution in [-0.4, -0.2) is 18.8 Å². The van der Waals surface area contributed by atoms with E-state index in [2.05, 4.69) is 12.2 Å². The molecule has 84 valence electrons. The lowest BCUT2D eigenvalue weighted by Crippen LogP contribution is -2.20. The van der Waals surface area contributed by atoms with Gasteiger partial charge in [0.15, 0.2) is 0 Å². The maximum Gasteiger partial charge on any atom is 0.123 e. The molecule has 1 unspecified atom stereocenters. The third-order valence-corrected chi connectivity index (χ3v) is 3.45. The van der Waals surface area contributed by atoms with Crippen LogP contribution in [0.15, 0.2) is 29.2 Å². The summed E-state index contributed by atoms with van der Waals surface area (Å²) in [6.45, 7) is 2.18. The molecule has 0 saturated heterocycles. The van der Waals surface area contributed by atoms with Crippen molar-refractivity contribution in [3.05, 3.63) is 30.1 Å². The Balaban J connectivity index is 2.17. The van der Waals surface area contributed by atoms with Gasteiger partial charge in [0, 0.05) is 10.9 Å². The lowest BCUT2D eigenvalue weighted by Gasteiger charge is -2.08. The third kappa shape index (κ3) is 5.19. The average Bonchev–Trinajstić information content (AvgIpc) is 2.26. The highest BCUT2D eigenvalue weighted by atomic mass is 32.2. The van der Waals surface area contributed by atoms with Crippen molar-refractivity contribution in [2.45, 2.75) is 30.7 Å². The summed E-state index contributed by atoms with van der Waals surface area (Å²) in [5, 5.41) is 3.21. The van der Waals surface area contributed by atoms with Crippen molar-refractivity contribution in [1.82, 2.24) is 5.32 Å². The van der Waals surface area contributed by atoms with Gasteiger partial charge in [-0.25, -0.2) is 4.39 Å². The Morgan fingerprint density at radius 2 is 2.00 bits per heavy atom. The predicted octanol–water partition coefficient (Wildman–Crippen LogP) is 3.31. The van der Waals surface area contributed by atoms with Crippen LogP contribution in [0.4, 0.5) is 4.39 Å². The molecule has 0 spiro atoms. The van der Waals surface area contributed by atoms with Crippen molar-refractivity contribution in [2.75, 3.05) is 12.8 Å². The van der Waals surface area contributed by atoms with Gasteiger partial charge >= 0.3 is 0 Å². The molecule has 0 saturated carbocycles. The van der Waals surface area contributed by atoms with E-state index in [0.29, 0.717) is 6.04 Å². The molecule has 0 aliphatic heterocycles. The molecule has 0 heterocycles. The minimum absolute atomic E-state index is 0.164. The molecule has 0 aromatic heterocycles. The van der Waals surface area contributed by atoms with Crippen molar-refractivity contribution < 1.29 is 4.39 Å². The maximum atomic E-state index is 12.6. The van der Waals surface area contributed by atoms with E-state index in [0.717, 1.165) is 10.6 Å². The van der Waals surface area contributed by atoms with Crippen molar-refractivity contribution in [3.63, 3.8) is 0 Å². The molecule has 1 aromatic carbocycles. The Kier molecular flexibility index (Phi) is 5.73. The normalized spacial score (nSPS) is 12.7. The number of halogens is 1. The summed E-state index contributed by atoms with van der Waals surface area (Å²) in [6.07, 6.45) is 2.37. The van der Waals surface area contributed by atoms with Crippen LogP contribution in [0.5, 0.6) is 0 Å². The van der Waals surface area contributed by atoms with Crippen LogP contribution < -0.4 is 5.32 Å². The molecule has 0 fully saturated rings. The zero-order valence-electron chi connectivity index (χ0n) is 9.29. The van der Waals surface area contributed by atoms with Gasteiger partial charge in [-0.15, -0.1) is 11.8 Å². The molecule has 1 aromatic rings. The van der Waals surface area contributed by atoms with E-state index in [1.807, 2.05) is 19.2 Å². The lowest BCUT2D eigenvalue weighted by molar-refractivity contribution is 0.559. The Bertz CT molecular complexity index is 273. The standard InChI is InChI=1S/C12H18FNS/c1-10(14-2)4-3-9-15-12-7-5-11(13)6-8-12/h5-8,10,14H,3-4,9H2,1-2H3. The minimum atomic E-state index is -0.164. The highest BCUT2D eigenvalue weighted by Gasteiger charge is 1.98. The number of benzene rings is 1. The number of hydrogen-bond donors (Lipinski definition) is 1. The van der Waals surface area contributed by atoms with E-state index in [-0.39, 0.29) is 5.82 Å². The summed E-state index contributed by atoms with van der Waals surface area (Å²) in [6, 6.07) is 7.28. The molecule has 15 heavy (non-hydrogen) atoms. The second-order valence-corrected chi connectivity index (χ2v) is 4.80. The summed E-state index contributed by atoms with van der Waals surface area (Å²) in [4.78, 5) is 1.15. The summed E-state index contributed by atoms with van der Waals surface area (Å²) in [7, 11) is 1.98. The van der Waals surface area contributed by atoms with E-state index in [4.69, 9.17) is 0 Å². The largest absolute Gasteiger partial charge is 0.317 e. The van der Waals surface area contributed by atoms with E-state index in [1.54, 1.807) is 11.8 Å². The van der Waals surface area contributed by atoms with Crippen molar-refractivity contribution in [3.8, 4) is 0 Å². The summed E-state index contributed by atoms with van der Waals surface area (Å²) < 4.78 is 12.6. The number of hydrogen-bond acceptors (Lipinski definition) is 2. The monoisotopic (exact) mass is 227 g/mol. The summed E-state index contributed by atoms with van der Waals surface area (Å²) >= 11 is 1.79. The maximum absolute atomic E-state index is 12.6. The molecule has 0 aliphatic rings.